The number of para-hydroxylation sites is 2. The van der Waals surface area contributed by atoms with Crippen LogP contribution in [0.25, 0.3) is 33.2 Å². The highest BCUT2D eigenvalue weighted by Crippen LogP contribution is 2.36. The maximum Gasteiger partial charge on any atom is 0.256 e. The summed E-state index contributed by atoms with van der Waals surface area (Å²) in [7, 11) is 0. The molecule has 2 heterocycles. The molecule has 12 nitrogen and oxygen atoms in total. The highest BCUT2D eigenvalue weighted by atomic mass is 16.2. The second-order valence-electron chi connectivity index (χ2n) is 8.98. The number of carbonyl (C=O) groups is 4. The fraction of sp³-hybridized carbons (Fsp3) is 0.231. The number of amides is 4. The lowest BCUT2D eigenvalue weighted by molar-refractivity contribution is -0.128. The molecular weight excluding hydrogens is 488 g/mol. The van der Waals surface area contributed by atoms with Gasteiger partial charge in [0.15, 0.2) is 0 Å². The van der Waals surface area contributed by atoms with Crippen molar-refractivity contribution in [2.45, 2.75) is 38.8 Å². The Bertz CT molecular complexity index is 1410. The van der Waals surface area contributed by atoms with Gasteiger partial charge in [0.1, 0.15) is 12.1 Å². The molecule has 38 heavy (non-hydrogen) atoms. The third-order valence-corrected chi connectivity index (χ3v) is 6.37. The molecule has 2 atom stereocenters. The molecule has 0 radical (unpaired) electrons. The Morgan fingerprint density at radius 3 is 1.39 bits per heavy atom. The Labute approximate surface area is 217 Å². The van der Waals surface area contributed by atoms with Gasteiger partial charge in [-0.1, -0.05) is 36.4 Å². The van der Waals surface area contributed by atoms with Crippen LogP contribution < -0.4 is 33.2 Å². The maximum atomic E-state index is 12.6. The molecule has 0 aliphatic heterocycles. The number of benzene rings is 2. The minimum absolute atomic E-state index is 0.134. The quantitative estimate of drug-likeness (QED) is 0.0894. The Hall–Kier alpha value is -4.68. The van der Waals surface area contributed by atoms with E-state index in [1.807, 2.05) is 48.5 Å². The Morgan fingerprint density at radius 1 is 0.684 bits per heavy atom. The van der Waals surface area contributed by atoms with Crippen LogP contribution in [-0.4, -0.2) is 45.7 Å². The number of rotatable bonds is 9. The molecule has 4 rings (SSSR count). The van der Waals surface area contributed by atoms with Crippen LogP contribution in [0.3, 0.4) is 0 Å². The van der Waals surface area contributed by atoms with E-state index in [9.17, 15) is 19.2 Å². The van der Waals surface area contributed by atoms with Crippen LogP contribution in [0.2, 0.25) is 0 Å². The number of H-pyrrole nitrogens is 2. The monoisotopic (exact) mass is 518 g/mol. The van der Waals surface area contributed by atoms with Crippen molar-refractivity contribution in [3.63, 3.8) is 0 Å². The topological polar surface area (TPSA) is 200 Å². The molecule has 0 bridgehead atoms. The molecule has 0 aliphatic carbocycles. The third kappa shape index (κ3) is 5.36. The molecule has 0 saturated carbocycles. The van der Waals surface area contributed by atoms with Crippen molar-refractivity contribution in [3.8, 4) is 11.4 Å². The van der Waals surface area contributed by atoms with E-state index >= 15 is 0 Å². The summed E-state index contributed by atoms with van der Waals surface area (Å²) in [4.78, 5) is 55.7. The molecule has 10 N–H and O–H groups in total. The average molecular weight is 519 g/mol. The zero-order valence-corrected chi connectivity index (χ0v) is 21.0. The lowest BCUT2D eigenvalue weighted by Crippen LogP contribution is -2.49. The van der Waals surface area contributed by atoms with Gasteiger partial charge in [-0.2, -0.15) is 0 Å². The average Bonchev–Trinajstić information content (AvgIpc) is 3.44. The van der Waals surface area contributed by atoms with E-state index in [1.54, 1.807) is 0 Å². The number of nitrogens with two attached hydrogens (primary N) is 2. The molecule has 198 valence electrons. The zero-order valence-electron chi connectivity index (χ0n) is 21.0. The summed E-state index contributed by atoms with van der Waals surface area (Å²) >= 11 is 0. The van der Waals surface area contributed by atoms with Gasteiger partial charge >= 0.3 is 0 Å². The van der Waals surface area contributed by atoms with Crippen molar-refractivity contribution in [1.29, 1.82) is 0 Å². The molecule has 0 aliphatic rings. The van der Waals surface area contributed by atoms with Crippen LogP contribution in [0.15, 0.2) is 48.5 Å². The standard InChI is InChI=1S/C26H30N8O4/c1-13(35)29-21(25(37)33-27)11-17-15-7-3-5-9-19(15)31-23(17)24-18(16-8-4-6-10-20(16)32-24)12-22(26(38)34-28)30-14(2)36/h3-10,21-22,31-32H,11-12,27-28H2,1-2H3,(H,29,35)(H,30,36)(H,33,37)(H,34,38)/t21-,22-/m0/s1. The van der Waals surface area contributed by atoms with Crippen LogP contribution in [0.4, 0.5) is 0 Å². The predicted octanol–water partition coefficient (Wildman–Crippen LogP) is 0.390. The molecule has 12 heteroatoms. The van der Waals surface area contributed by atoms with Gasteiger partial charge < -0.3 is 20.6 Å². The Balaban J connectivity index is 1.92. The molecule has 0 saturated heterocycles. The van der Waals surface area contributed by atoms with Gasteiger partial charge in [-0.05, 0) is 23.3 Å². The van der Waals surface area contributed by atoms with Gasteiger partial charge in [0, 0.05) is 48.5 Å². The molecule has 2 aromatic carbocycles. The first-order valence-electron chi connectivity index (χ1n) is 12.0. The first-order valence-corrected chi connectivity index (χ1v) is 12.0. The SMILES string of the molecule is CC(=O)N[C@@H](Cc1c(-c2[nH]c3ccccc3c2C[C@H](NC(C)=O)C(=O)NN)[nH]c2ccccc12)C(=O)NN. The maximum absolute atomic E-state index is 12.6. The number of hydrogen-bond acceptors (Lipinski definition) is 6. The first kappa shape index (κ1) is 26.4. The lowest BCUT2D eigenvalue weighted by Gasteiger charge is -2.18. The molecule has 0 fully saturated rings. The summed E-state index contributed by atoms with van der Waals surface area (Å²) in [6.07, 6.45) is 0.268. The van der Waals surface area contributed by atoms with E-state index < -0.39 is 23.9 Å². The fourth-order valence-corrected chi connectivity index (χ4v) is 4.77. The van der Waals surface area contributed by atoms with Crippen LogP contribution in [0.1, 0.15) is 25.0 Å². The van der Waals surface area contributed by atoms with Crippen molar-refractivity contribution in [3.05, 3.63) is 59.7 Å². The summed E-state index contributed by atoms with van der Waals surface area (Å²) in [5.74, 6) is 8.97. The van der Waals surface area contributed by atoms with E-state index in [1.165, 1.54) is 13.8 Å². The summed E-state index contributed by atoms with van der Waals surface area (Å²) in [5.41, 5.74) is 8.73. The predicted molar refractivity (Wildman–Crippen MR) is 143 cm³/mol. The smallest absolute Gasteiger partial charge is 0.256 e. The number of aromatic amines is 2. The highest BCUT2D eigenvalue weighted by Gasteiger charge is 2.28. The van der Waals surface area contributed by atoms with E-state index in [-0.39, 0.29) is 24.7 Å². The van der Waals surface area contributed by atoms with Gasteiger partial charge in [-0.3, -0.25) is 30.0 Å². The van der Waals surface area contributed by atoms with E-state index in [2.05, 4.69) is 31.5 Å². The largest absolute Gasteiger partial charge is 0.353 e. The third-order valence-electron chi connectivity index (χ3n) is 6.37. The molecule has 0 spiro atoms. The first-order chi connectivity index (χ1) is 18.2. The molecule has 0 unspecified atom stereocenters. The lowest BCUT2D eigenvalue weighted by atomic mass is 9.96. The van der Waals surface area contributed by atoms with E-state index in [0.717, 1.165) is 32.9 Å². The summed E-state index contributed by atoms with van der Waals surface area (Å²) < 4.78 is 0. The fourth-order valence-electron chi connectivity index (χ4n) is 4.77. The van der Waals surface area contributed by atoms with Crippen molar-refractivity contribution in [1.82, 2.24) is 31.5 Å². The van der Waals surface area contributed by atoms with Gasteiger partial charge in [0.05, 0.1) is 11.4 Å². The molecule has 2 aromatic heterocycles. The molecular formula is C26H30N8O4. The number of carbonyl (C=O) groups excluding carboxylic acids is 4. The van der Waals surface area contributed by atoms with Crippen molar-refractivity contribution in [2.75, 3.05) is 0 Å². The van der Waals surface area contributed by atoms with Gasteiger partial charge in [0.2, 0.25) is 11.8 Å². The van der Waals surface area contributed by atoms with Crippen LogP contribution in [0.5, 0.6) is 0 Å². The number of fused-ring (bicyclic) bond motifs is 2. The van der Waals surface area contributed by atoms with Gasteiger partial charge in [-0.15, -0.1) is 0 Å². The second-order valence-corrected chi connectivity index (χ2v) is 8.98. The van der Waals surface area contributed by atoms with Crippen LogP contribution in [-0.2, 0) is 32.0 Å². The normalized spacial score (nSPS) is 12.6. The molecule has 4 aromatic rings. The molecule has 4 amide bonds. The van der Waals surface area contributed by atoms with Crippen molar-refractivity contribution in [2.24, 2.45) is 11.7 Å². The van der Waals surface area contributed by atoms with Crippen molar-refractivity contribution >= 4 is 45.4 Å². The second kappa shape index (κ2) is 11.2. The zero-order chi connectivity index (χ0) is 27.4. The minimum atomic E-state index is -0.932. The summed E-state index contributed by atoms with van der Waals surface area (Å²) in [5, 5.41) is 7.03. The van der Waals surface area contributed by atoms with Crippen molar-refractivity contribution < 1.29 is 19.2 Å². The van der Waals surface area contributed by atoms with Gasteiger partial charge in [-0.25, -0.2) is 11.7 Å². The Morgan fingerprint density at radius 2 is 1.05 bits per heavy atom. The summed E-state index contributed by atoms with van der Waals surface area (Å²) in [6, 6.07) is 13.3. The van der Waals surface area contributed by atoms with E-state index in [0.29, 0.717) is 11.4 Å². The number of hydrazine groups is 2. The van der Waals surface area contributed by atoms with Crippen LogP contribution in [0, 0.1) is 0 Å². The summed E-state index contributed by atoms with van der Waals surface area (Å²) in [6.45, 7) is 2.65. The van der Waals surface area contributed by atoms with E-state index in [4.69, 9.17) is 11.7 Å². The minimum Gasteiger partial charge on any atom is -0.353 e. The van der Waals surface area contributed by atoms with Gasteiger partial charge in [0.25, 0.3) is 11.8 Å². The number of hydrogen-bond donors (Lipinski definition) is 8. The number of aromatic nitrogens is 2. The number of nitrogens with one attached hydrogen (secondary N) is 6. The van der Waals surface area contributed by atoms with Crippen LogP contribution >= 0.6 is 0 Å². The Kier molecular flexibility index (Phi) is 7.74. The highest BCUT2D eigenvalue weighted by molar-refractivity contribution is 5.98.